The normalized spacial score (nSPS) is 52.6. The predicted octanol–water partition coefficient (Wildman–Crippen LogP) is 8.98. The van der Waals surface area contributed by atoms with Crippen molar-refractivity contribution >= 4 is 5.97 Å². The fourth-order valence-corrected chi connectivity index (χ4v) is 12.6. The SMILES string of the molecule is C[C@H](CCC(=O)O)[C@H]1CC[C@]2(C)[C@H]3CC[C@@H]4[C@@]5(C)CCCC(C)(C)[C@@H]5CC[C@@]4(C)[C@]3(C)CC[C@@H]12. The Morgan fingerprint density at radius 1 is 0.765 bits per heavy atom. The van der Waals surface area contributed by atoms with E-state index in [1.54, 1.807) is 0 Å². The van der Waals surface area contributed by atoms with Gasteiger partial charge in [0, 0.05) is 6.42 Å². The number of hydrogen-bond acceptors (Lipinski definition) is 1. The fourth-order valence-electron chi connectivity index (χ4n) is 12.6. The van der Waals surface area contributed by atoms with Gasteiger partial charge >= 0.3 is 5.97 Å². The molecule has 1 N–H and O–H groups in total. The standard InChI is InChI=1S/C32H54O2/c1-21(9-12-27(33)34)22-13-18-29(4)23(22)14-19-31(6)25(29)10-11-26-30(5)17-8-16-28(2,3)24(30)15-20-32(26,31)7/h21-26H,8-20H2,1-7H3,(H,33,34)/t21-,22-,23+,24+,25-,26-,29+,30+,31-,32-/m1/s1. The van der Waals surface area contributed by atoms with E-state index in [-0.39, 0.29) is 0 Å². The Kier molecular flexibility index (Phi) is 5.90. The van der Waals surface area contributed by atoms with Gasteiger partial charge in [-0.05, 0) is 133 Å². The second kappa shape index (κ2) is 7.98. The summed E-state index contributed by atoms with van der Waals surface area (Å²) in [6, 6.07) is 0. The quantitative estimate of drug-likeness (QED) is 0.445. The third kappa shape index (κ3) is 3.27. The van der Waals surface area contributed by atoms with E-state index in [1.807, 2.05) is 0 Å². The van der Waals surface area contributed by atoms with Crippen LogP contribution in [0.4, 0.5) is 0 Å². The van der Waals surface area contributed by atoms with Gasteiger partial charge in [0.25, 0.3) is 0 Å². The molecule has 34 heavy (non-hydrogen) atoms. The molecule has 5 aliphatic carbocycles. The van der Waals surface area contributed by atoms with Crippen LogP contribution < -0.4 is 0 Å². The molecule has 0 aromatic rings. The average molecular weight is 471 g/mol. The van der Waals surface area contributed by atoms with Crippen LogP contribution in [0, 0.1) is 62.6 Å². The van der Waals surface area contributed by atoms with Crippen LogP contribution in [0.3, 0.4) is 0 Å². The minimum atomic E-state index is -0.620. The first-order chi connectivity index (χ1) is 15.8. The minimum Gasteiger partial charge on any atom is -0.481 e. The topological polar surface area (TPSA) is 37.3 Å². The maximum absolute atomic E-state index is 11.2. The van der Waals surface area contributed by atoms with Gasteiger partial charge in [-0.25, -0.2) is 0 Å². The van der Waals surface area contributed by atoms with Crippen LogP contribution in [-0.4, -0.2) is 11.1 Å². The Morgan fingerprint density at radius 3 is 2.03 bits per heavy atom. The van der Waals surface area contributed by atoms with Gasteiger partial charge in [0.2, 0.25) is 0 Å². The summed E-state index contributed by atoms with van der Waals surface area (Å²) >= 11 is 0. The van der Waals surface area contributed by atoms with E-state index in [2.05, 4.69) is 48.5 Å². The number of aliphatic carboxylic acids is 1. The van der Waals surface area contributed by atoms with Crippen LogP contribution in [0.2, 0.25) is 0 Å². The molecule has 2 nitrogen and oxygen atoms in total. The van der Waals surface area contributed by atoms with E-state index in [0.717, 1.165) is 36.0 Å². The molecule has 5 saturated carbocycles. The van der Waals surface area contributed by atoms with Gasteiger partial charge in [-0.15, -0.1) is 0 Å². The second-order valence-corrected chi connectivity index (χ2v) is 15.7. The summed E-state index contributed by atoms with van der Waals surface area (Å²) in [7, 11) is 0. The first kappa shape index (κ1) is 25.1. The summed E-state index contributed by atoms with van der Waals surface area (Å²) in [5.74, 6) is 4.15. The number of carbonyl (C=O) groups is 1. The number of carboxylic acid groups (broad SMARTS) is 1. The smallest absolute Gasteiger partial charge is 0.303 e. The highest BCUT2D eigenvalue weighted by atomic mass is 16.4. The Morgan fingerprint density at radius 2 is 1.38 bits per heavy atom. The van der Waals surface area contributed by atoms with Crippen molar-refractivity contribution in [2.75, 3.05) is 0 Å². The zero-order valence-corrected chi connectivity index (χ0v) is 23.5. The molecular weight excluding hydrogens is 416 g/mol. The number of rotatable bonds is 4. The van der Waals surface area contributed by atoms with Crippen LogP contribution in [0.5, 0.6) is 0 Å². The summed E-state index contributed by atoms with van der Waals surface area (Å²) in [6.45, 7) is 18.5. The van der Waals surface area contributed by atoms with E-state index in [9.17, 15) is 9.90 Å². The summed E-state index contributed by atoms with van der Waals surface area (Å²) in [6.07, 6.45) is 16.9. The summed E-state index contributed by atoms with van der Waals surface area (Å²) < 4.78 is 0. The second-order valence-electron chi connectivity index (χ2n) is 15.7. The molecule has 0 amide bonds. The molecule has 0 bridgehead atoms. The number of fused-ring (bicyclic) bond motifs is 7. The highest BCUT2D eigenvalue weighted by molar-refractivity contribution is 5.66. The van der Waals surface area contributed by atoms with E-state index < -0.39 is 5.97 Å². The molecule has 10 atom stereocenters. The average Bonchev–Trinajstić information content (AvgIpc) is 3.09. The lowest BCUT2D eigenvalue weighted by Crippen LogP contribution is -2.65. The van der Waals surface area contributed by atoms with Crippen molar-refractivity contribution in [1.29, 1.82) is 0 Å². The van der Waals surface area contributed by atoms with Crippen molar-refractivity contribution in [2.24, 2.45) is 62.6 Å². The Balaban J connectivity index is 1.43. The molecule has 0 unspecified atom stereocenters. The van der Waals surface area contributed by atoms with Crippen LogP contribution >= 0.6 is 0 Å². The lowest BCUT2D eigenvalue weighted by Gasteiger charge is -2.73. The summed E-state index contributed by atoms with van der Waals surface area (Å²) in [4.78, 5) is 11.2. The molecule has 0 aliphatic heterocycles. The molecular formula is C32H54O2. The van der Waals surface area contributed by atoms with E-state index in [0.29, 0.717) is 39.4 Å². The minimum absolute atomic E-state index is 0.345. The van der Waals surface area contributed by atoms with Crippen molar-refractivity contribution < 1.29 is 9.90 Å². The van der Waals surface area contributed by atoms with Gasteiger partial charge in [0.05, 0.1) is 0 Å². The summed E-state index contributed by atoms with van der Waals surface area (Å²) in [5.41, 5.74) is 2.46. The van der Waals surface area contributed by atoms with Crippen LogP contribution in [0.1, 0.15) is 132 Å². The van der Waals surface area contributed by atoms with Gasteiger partial charge in [0.1, 0.15) is 0 Å². The van der Waals surface area contributed by atoms with Crippen LogP contribution in [-0.2, 0) is 4.79 Å². The predicted molar refractivity (Wildman–Crippen MR) is 140 cm³/mol. The molecule has 5 aliphatic rings. The third-order valence-electron chi connectivity index (χ3n) is 14.3. The molecule has 0 heterocycles. The molecule has 0 aromatic heterocycles. The van der Waals surface area contributed by atoms with Crippen molar-refractivity contribution in [3.8, 4) is 0 Å². The van der Waals surface area contributed by atoms with Crippen LogP contribution in [0.15, 0.2) is 0 Å². The van der Waals surface area contributed by atoms with Crippen molar-refractivity contribution in [3.63, 3.8) is 0 Å². The van der Waals surface area contributed by atoms with Gasteiger partial charge < -0.3 is 5.11 Å². The molecule has 0 aromatic carbocycles. The maximum Gasteiger partial charge on any atom is 0.303 e. The Labute approximate surface area is 210 Å². The monoisotopic (exact) mass is 470 g/mol. The molecule has 194 valence electrons. The first-order valence-electron chi connectivity index (χ1n) is 15.0. The Bertz CT molecular complexity index is 816. The molecule has 0 radical (unpaired) electrons. The van der Waals surface area contributed by atoms with Crippen molar-refractivity contribution in [1.82, 2.24) is 0 Å². The van der Waals surface area contributed by atoms with Gasteiger partial charge in [-0.2, -0.15) is 0 Å². The lowest BCUT2D eigenvalue weighted by atomic mass is 9.32. The van der Waals surface area contributed by atoms with Gasteiger partial charge in [-0.3, -0.25) is 4.79 Å². The maximum atomic E-state index is 11.2. The third-order valence-corrected chi connectivity index (χ3v) is 14.3. The van der Waals surface area contributed by atoms with E-state index in [4.69, 9.17) is 0 Å². The van der Waals surface area contributed by atoms with E-state index >= 15 is 0 Å². The number of carboxylic acids is 1. The fraction of sp³-hybridized carbons (Fsp3) is 0.969. The van der Waals surface area contributed by atoms with Crippen LogP contribution in [0.25, 0.3) is 0 Å². The lowest BCUT2D eigenvalue weighted by molar-refractivity contribution is -0.241. The Hall–Kier alpha value is -0.530. The largest absolute Gasteiger partial charge is 0.481 e. The number of hydrogen-bond donors (Lipinski definition) is 1. The van der Waals surface area contributed by atoms with Crippen molar-refractivity contribution in [2.45, 2.75) is 132 Å². The van der Waals surface area contributed by atoms with Crippen molar-refractivity contribution in [3.05, 3.63) is 0 Å². The molecule has 0 spiro atoms. The molecule has 5 fully saturated rings. The molecule has 5 rings (SSSR count). The zero-order chi connectivity index (χ0) is 24.7. The highest BCUT2D eigenvalue weighted by Gasteiger charge is 2.70. The summed E-state index contributed by atoms with van der Waals surface area (Å²) in [5, 5.41) is 9.25. The first-order valence-corrected chi connectivity index (χ1v) is 15.0. The molecule has 0 saturated heterocycles. The van der Waals surface area contributed by atoms with Gasteiger partial charge in [-0.1, -0.05) is 54.9 Å². The molecule has 2 heteroatoms. The highest BCUT2D eigenvalue weighted by Crippen LogP contribution is 2.78. The van der Waals surface area contributed by atoms with E-state index in [1.165, 1.54) is 70.6 Å². The zero-order valence-electron chi connectivity index (χ0n) is 23.5. The van der Waals surface area contributed by atoms with Gasteiger partial charge in [0.15, 0.2) is 0 Å².